The van der Waals surface area contributed by atoms with E-state index in [2.05, 4.69) is 58.2 Å². The molecule has 3 N–H and O–H groups in total. The van der Waals surface area contributed by atoms with Crippen molar-refractivity contribution in [1.82, 2.24) is 10.3 Å². The van der Waals surface area contributed by atoms with Gasteiger partial charge in [-0.25, -0.2) is 9.78 Å². The van der Waals surface area contributed by atoms with E-state index in [1.165, 1.54) is 28.4 Å². The van der Waals surface area contributed by atoms with Crippen LogP contribution in [0.1, 0.15) is 6.92 Å². The van der Waals surface area contributed by atoms with Crippen LogP contribution in [0.5, 0.6) is 5.75 Å². The smallest absolute Gasteiger partial charge is 0.311 e. The first-order valence-electron chi connectivity index (χ1n) is 8.75. The zero-order chi connectivity index (χ0) is 19.9. The number of benzene rings is 2. The summed E-state index contributed by atoms with van der Waals surface area (Å²) in [6, 6.07) is 16.2. The topological polar surface area (TPSA) is 77.2 Å². The average molecular weight is 412 g/mol. The number of urea groups is 1. The molecule has 2 aromatic heterocycles. The number of aromatic nitrogens is 1. The van der Waals surface area contributed by atoms with E-state index in [1.54, 1.807) is 22.7 Å². The van der Waals surface area contributed by atoms with E-state index >= 15 is 0 Å². The van der Waals surface area contributed by atoms with Gasteiger partial charge in [0.25, 0.3) is 0 Å². The molecule has 0 radical (unpaired) electrons. The van der Waals surface area contributed by atoms with Crippen molar-refractivity contribution < 1.29 is 9.53 Å². The molecular formula is C21H21N3O2S2. The zero-order valence-electron chi connectivity index (χ0n) is 15.6. The van der Waals surface area contributed by atoms with Gasteiger partial charge in [0.15, 0.2) is 0 Å². The van der Waals surface area contributed by atoms with Gasteiger partial charge in [0, 0.05) is 23.6 Å². The lowest BCUT2D eigenvalue weighted by Gasteiger charge is -2.07. The summed E-state index contributed by atoms with van der Waals surface area (Å²) >= 11 is 3.43. The Balaban J connectivity index is 0.000000403. The van der Waals surface area contributed by atoms with Crippen LogP contribution in [-0.4, -0.2) is 24.7 Å². The lowest BCUT2D eigenvalue weighted by atomic mass is 10.1. The highest BCUT2D eigenvalue weighted by atomic mass is 32.1. The Hall–Kier alpha value is -2.90. The average Bonchev–Trinajstić information content (AvgIpc) is 3.39. The summed E-state index contributed by atoms with van der Waals surface area (Å²) in [6.07, 6.45) is 0. The SMILES string of the molecule is CCOc1ccc(-c2ccccc2)c2sc(-c3ccsc3)nc12.CNC(N)=O. The van der Waals surface area contributed by atoms with E-state index in [1.807, 2.05) is 19.1 Å². The quantitative estimate of drug-likeness (QED) is 0.474. The van der Waals surface area contributed by atoms with Crippen molar-refractivity contribution in [1.29, 1.82) is 0 Å². The number of carbonyl (C=O) groups excluding carboxylic acids is 1. The predicted octanol–water partition coefficient (Wildman–Crippen LogP) is 5.38. The molecule has 28 heavy (non-hydrogen) atoms. The molecule has 4 aromatic rings. The van der Waals surface area contributed by atoms with Crippen molar-refractivity contribution in [3.8, 4) is 27.4 Å². The molecule has 0 spiro atoms. The summed E-state index contributed by atoms with van der Waals surface area (Å²) in [7, 11) is 1.47. The summed E-state index contributed by atoms with van der Waals surface area (Å²) in [6.45, 7) is 2.65. The minimum Gasteiger partial charge on any atom is -0.492 e. The van der Waals surface area contributed by atoms with Crippen molar-refractivity contribution in [2.75, 3.05) is 13.7 Å². The van der Waals surface area contributed by atoms with E-state index in [0.29, 0.717) is 6.61 Å². The van der Waals surface area contributed by atoms with E-state index in [-0.39, 0.29) is 0 Å². The minimum absolute atomic E-state index is 0.495. The van der Waals surface area contributed by atoms with E-state index < -0.39 is 6.03 Å². The lowest BCUT2D eigenvalue weighted by molar-refractivity contribution is 0.251. The molecule has 0 fully saturated rings. The first kappa shape index (κ1) is 19.9. The molecule has 4 rings (SSSR count). The molecule has 0 aliphatic carbocycles. The normalized spacial score (nSPS) is 10.2. The van der Waals surface area contributed by atoms with E-state index in [4.69, 9.17) is 9.72 Å². The predicted molar refractivity (Wildman–Crippen MR) is 118 cm³/mol. The van der Waals surface area contributed by atoms with Crippen LogP contribution < -0.4 is 15.8 Å². The fourth-order valence-electron chi connectivity index (χ4n) is 2.61. The van der Waals surface area contributed by atoms with Crippen LogP contribution in [0, 0.1) is 0 Å². The van der Waals surface area contributed by atoms with Crippen LogP contribution in [0.4, 0.5) is 4.79 Å². The molecule has 0 atom stereocenters. The van der Waals surface area contributed by atoms with Crippen LogP contribution in [0.2, 0.25) is 0 Å². The fourth-order valence-corrected chi connectivity index (χ4v) is 4.44. The molecule has 0 saturated heterocycles. The lowest BCUT2D eigenvalue weighted by Crippen LogP contribution is -2.24. The molecule has 144 valence electrons. The van der Waals surface area contributed by atoms with Gasteiger partial charge in [-0.1, -0.05) is 30.3 Å². The first-order chi connectivity index (χ1) is 13.6. The Labute approximate surface area is 171 Å². The number of nitrogens with one attached hydrogen (secondary N) is 1. The van der Waals surface area contributed by atoms with Crippen LogP contribution in [-0.2, 0) is 0 Å². The van der Waals surface area contributed by atoms with Crippen molar-refractivity contribution in [2.24, 2.45) is 5.73 Å². The first-order valence-corrected chi connectivity index (χ1v) is 10.5. The van der Waals surface area contributed by atoms with Gasteiger partial charge in [-0.3, -0.25) is 0 Å². The van der Waals surface area contributed by atoms with E-state index in [0.717, 1.165) is 16.3 Å². The molecule has 0 bridgehead atoms. The molecule has 0 aliphatic heterocycles. The van der Waals surface area contributed by atoms with Crippen LogP contribution in [0.25, 0.3) is 31.9 Å². The number of hydrogen-bond donors (Lipinski definition) is 2. The monoisotopic (exact) mass is 411 g/mol. The van der Waals surface area contributed by atoms with Crippen molar-refractivity contribution >= 4 is 38.9 Å². The number of hydrogen-bond acceptors (Lipinski definition) is 5. The maximum atomic E-state index is 9.48. The van der Waals surface area contributed by atoms with Gasteiger partial charge in [-0.05, 0) is 36.1 Å². The zero-order valence-corrected chi connectivity index (χ0v) is 17.3. The number of fused-ring (bicyclic) bond motifs is 1. The van der Waals surface area contributed by atoms with Crippen molar-refractivity contribution in [2.45, 2.75) is 6.92 Å². The Morgan fingerprint density at radius 2 is 1.89 bits per heavy atom. The van der Waals surface area contributed by atoms with Crippen LogP contribution in [0.3, 0.4) is 0 Å². The molecular weight excluding hydrogens is 390 g/mol. The molecule has 2 heterocycles. The number of nitrogens with two attached hydrogens (primary N) is 1. The molecule has 5 nitrogen and oxygen atoms in total. The number of amides is 2. The fraction of sp³-hybridized carbons (Fsp3) is 0.143. The summed E-state index contributed by atoms with van der Waals surface area (Å²) in [4.78, 5) is 14.3. The number of thiazole rings is 1. The van der Waals surface area contributed by atoms with Gasteiger partial charge in [0.2, 0.25) is 0 Å². The summed E-state index contributed by atoms with van der Waals surface area (Å²) in [5.74, 6) is 0.861. The highest BCUT2D eigenvalue weighted by Crippen LogP contribution is 2.41. The molecule has 0 aliphatic rings. The van der Waals surface area contributed by atoms with Gasteiger partial charge in [-0.15, -0.1) is 11.3 Å². The Kier molecular flexibility index (Phi) is 6.62. The number of thiophene rings is 1. The van der Waals surface area contributed by atoms with Gasteiger partial charge < -0.3 is 15.8 Å². The standard InChI is InChI=1S/C19H15NOS2.C2H6N2O/c1-2-21-16-9-8-15(13-6-4-3-5-7-13)18-17(16)20-19(23-18)14-10-11-22-12-14;1-4-2(3)5/h3-12H,2H2,1H3;1H3,(H3,3,4,5). The van der Waals surface area contributed by atoms with Crippen molar-refractivity contribution in [3.05, 3.63) is 59.3 Å². The third-order valence-electron chi connectivity index (χ3n) is 3.91. The number of primary amides is 1. The van der Waals surface area contributed by atoms with Crippen LogP contribution >= 0.6 is 22.7 Å². The summed E-state index contributed by atoms with van der Waals surface area (Å²) < 4.78 is 6.97. The highest BCUT2D eigenvalue weighted by molar-refractivity contribution is 7.22. The number of carbonyl (C=O) groups is 1. The number of nitrogens with zero attached hydrogens (tertiary/aromatic N) is 1. The maximum Gasteiger partial charge on any atom is 0.311 e. The second-order valence-electron chi connectivity index (χ2n) is 5.73. The molecule has 0 unspecified atom stereocenters. The Morgan fingerprint density at radius 1 is 1.14 bits per heavy atom. The molecule has 7 heteroatoms. The summed E-state index contributed by atoms with van der Waals surface area (Å²) in [5.41, 5.74) is 9.10. The Bertz CT molecular complexity index is 1040. The van der Waals surface area contributed by atoms with Crippen LogP contribution in [0.15, 0.2) is 59.3 Å². The second kappa shape index (κ2) is 9.34. The van der Waals surface area contributed by atoms with Gasteiger partial charge in [0.1, 0.15) is 16.3 Å². The minimum atomic E-state index is -0.495. The second-order valence-corrected chi connectivity index (χ2v) is 7.51. The number of rotatable bonds is 4. The molecule has 2 amide bonds. The third-order valence-corrected chi connectivity index (χ3v) is 5.73. The number of ether oxygens (including phenoxy) is 1. The highest BCUT2D eigenvalue weighted by Gasteiger charge is 2.15. The van der Waals surface area contributed by atoms with Gasteiger partial charge in [0.05, 0.1) is 11.3 Å². The largest absolute Gasteiger partial charge is 0.492 e. The Morgan fingerprint density at radius 3 is 2.50 bits per heavy atom. The van der Waals surface area contributed by atoms with Gasteiger partial charge >= 0.3 is 6.03 Å². The molecule has 2 aromatic carbocycles. The summed E-state index contributed by atoms with van der Waals surface area (Å²) in [5, 5.41) is 7.44. The third kappa shape index (κ3) is 4.49. The van der Waals surface area contributed by atoms with Gasteiger partial charge in [-0.2, -0.15) is 11.3 Å². The molecule has 0 saturated carbocycles. The van der Waals surface area contributed by atoms with E-state index in [9.17, 15) is 4.79 Å². The maximum absolute atomic E-state index is 9.48. The van der Waals surface area contributed by atoms with Crippen molar-refractivity contribution in [3.63, 3.8) is 0 Å².